The molecule has 7 heteroatoms. The maximum Gasteiger partial charge on any atom is 0.191 e. The maximum atomic E-state index is 5.54. The van der Waals surface area contributed by atoms with Crippen LogP contribution in [-0.2, 0) is 14.2 Å². The summed E-state index contributed by atoms with van der Waals surface area (Å²) >= 11 is 0. The number of rotatable bonds is 14. The molecule has 0 saturated carbocycles. The van der Waals surface area contributed by atoms with E-state index in [4.69, 9.17) is 19.2 Å². The van der Waals surface area contributed by atoms with Crippen molar-refractivity contribution in [1.82, 2.24) is 15.5 Å². The van der Waals surface area contributed by atoms with E-state index in [0.29, 0.717) is 25.2 Å². The van der Waals surface area contributed by atoms with Crippen LogP contribution in [0.15, 0.2) is 4.99 Å². The fraction of sp³-hybridized carbons (Fsp3) is 0.950. The van der Waals surface area contributed by atoms with Gasteiger partial charge in [-0.05, 0) is 19.3 Å². The normalized spacial score (nSPS) is 17.3. The molecule has 0 amide bonds. The van der Waals surface area contributed by atoms with Crippen LogP contribution in [0.4, 0.5) is 0 Å². The first-order valence-corrected chi connectivity index (χ1v) is 10.7. The van der Waals surface area contributed by atoms with Gasteiger partial charge < -0.3 is 24.8 Å². The Morgan fingerprint density at radius 3 is 2.44 bits per heavy atom. The van der Waals surface area contributed by atoms with Crippen molar-refractivity contribution in [3.63, 3.8) is 0 Å². The van der Waals surface area contributed by atoms with Crippen molar-refractivity contribution in [2.45, 2.75) is 46.1 Å². The highest BCUT2D eigenvalue weighted by atomic mass is 16.5. The fourth-order valence-corrected chi connectivity index (χ4v) is 3.46. The fourth-order valence-electron chi connectivity index (χ4n) is 3.46. The van der Waals surface area contributed by atoms with Crippen LogP contribution < -0.4 is 10.6 Å². The molecule has 1 fully saturated rings. The van der Waals surface area contributed by atoms with Gasteiger partial charge in [-0.25, -0.2) is 0 Å². The van der Waals surface area contributed by atoms with E-state index in [1.807, 2.05) is 0 Å². The summed E-state index contributed by atoms with van der Waals surface area (Å²) in [6, 6.07) is 0.483. The lowest BCUT2D eigenvalue weighted by molar-refractivity contribution is 0.00395. The third-order valence-electron chi connectivity index (χ3n) is 5.08. The highest BCUT2D eigenvalue weighted by Crippen LogP contribution is 2.20. The Morgan fingerprint density at radius 2 is 1.81 bits per heavy atom. The molecule has 2 N–H and O–H groups in total. The predicted octanol–water partition coefficient (Wildman–Crippen LogP) is 1.73. The Bertz CT molecular complexity index is 372. The molecule has 0 radical (unpaired) electrons. The van der Waals surface area contributed by atoms with E-state index in [0.717, 1.165) is 64.9 Å². The summed E-state index contributed by atoms with van der Waals surface area (Å²) in [5.74, 6) is 1.57. The van der Waals surface area contributed by atoms with Gasteiger partial charge in [0.05, 0.1) is 33.0 Å². The average Bonchev–Trinajstić information content (AvgIpc) is 2.70. The molecule has 1 atom stereocenters. The van der Waals surface area contributed by atoms with Crippen LogP contribution in [0.2, 0.25) is 0 Å². The van der Waals surface area contributed by atoms with Gasteiger partial charge in [-0.15, -0.1) is 0 Å². The van der Waals surface area contributed by atoms with E-state index in [2.05, 4.69) is 36.3 Å². The number of hydrogen-bond acceptors (Lipinski definition) is 5. The molecule has 1 unspecified atom stereocenters. The minimum Gasteiger partial charge on any atom is -0.382 e. The smallest absolute Gasteiger partial charge is 0.191 e. The van der Waals surface area contributed by atoms with Crippen molar-refractivity contribution < 1.29 is 14.2 Å². The summed E-state index contributed by atoms with van der Waals surface area (Å²) in [5.41, 5.74) is 0. The number of ether oxygens (including phenoxy) is 3. The summed E-state index contributed by atoms with van der Waals surface area (Å²) in [5, 5.41) is 6.79. The Labute approximate surface area is 166 Å². The number of nitrogens with zero attached hydrogens (tertiary/aromatic N) is 2. The number of hydrogen-bond donors (Lipinski definition) is 2. The number of methoxy groups -OCH3 is 1. The molecule has 1 saturated heterocycles. The largest absolute Gasteiger partial charge is 0.382 e. The third kappa shape index (κ3) is 10.3. The molecule has 1 heterocycles. The molecule has 0 aromatic heterocycles. The Morgan fingerprint density at radius 1 is 1.07 bits per heavy atom. The number of aliphatic imine (C=N–C) groups is 1. The minimum absolute atomic E-state index is 0.483. The minimum atomic E-state index is 0.483. The molecule has 0 spiro atoms. The lowest BCUT2D eigenvalue weighted by atomic mass is 9.92. The van der Waals surface area contributed by atoms with Gasteiger partial charge in [0.15, 0.2) is 5.96 Å². The standard InChI is InChI=1S/C20H42N4O3/c1-5-18(6-2)19(24-10-13-27-14-11-24)17-23-20(21-7-3)22-9-8-12-26-16-15-25-4/h18-19H,5-17H2,1-4H3,(H2,21,22,23). The molecule has 1 aliphatic rings. The van der Waals surface area contributed by atoms with Gasteiger partial charge in [0.25, 0.3) is 0 Å². The number of nitrogens with one attached hydrogen (secondary N) is 2. The Kier molecular flexibility index (Phi) is 14.4. The van der Waals surface area contributed by atoms with Crippen LogP contribution in [0.25, 0.3) is 0 Å². The molecule has 1 rings (SSSR count). The number of guanidine groups is 1. The summed E-state index contributed by atoms with van der Waals surface area (Å²) in [6.07, 6.45) is 3.33. The second-order valence-corrected chi connectivity index (χ2v) is 6.90. The van der Waals surface area contributed by atoms with Gasteiger partial charge in [0, 0.05) is 45.9 Å². The van der Waals surface area contributed by atoms with Gasteiger partial charge in [-0.3, -0.25) is 9.89 Å². The average molecular weight is 387 g/mol. The molecular weight excluding hydrogens is 344 g/mol. The quantitative estimate of drug-likeness (QED) is 0.269. The second-order valence-electron chi connectivity index (χ2n) is 6.90. The predicted molar refractivity (Wildman–Crippen MR) is 112 cm³/mol. The van der Waals surface area contributed by atoms with Crippen LogP contribution >= 0.6 is 0 Å². The summed E-state index contributed by atoms with van der Waals surface area (Å²) in [6.45, 7) is 15.0. The monoisotopic (exact) mass is 386 g/mol. The molecule has 160 valence electrons. The molecule has 27 heavy (non-hydrogen) atoms. The third-order valence-corrected chi connectivity index (χ3v) is 5.08. The molecule has 1 aliphatic heterocycles. The topological polar surface area (TPSA) is 67.4 Å². The van der Waals surface area contributed by atoms with Gasteiger partial charge in [0.2, 0.25) is 0 Å². The van der Waals surface area contributed by atoms with Crippen molar-refractivity contribution in [2.75, 3.05) is 72.9 Å². The number of morpholine rings is 1. The lowest BCUT2D eigenvalue weighted by Crippen LogP contribution is -2.49. The van der Waals surface area contributed by atoms with Crippen LogP contribution in [-0.4, -0.2) is 89.8 Å². The zero-order chi connectivity index (χ0) is 19.7. The lowest BCUT2D eigenvalue weighted by Gasteiger charge is -2.38. The zero-order valence-corrected chi connectivity index (χ0v) is 18.0. The molecule has 7 nitrogen and oxygen atoms in total. The summed E-state index contributed by atoms with van der Waals surface area (Å²) in [4.78, 5) is 7.47. The van der Waals surface area contributed by atoms with E-state index in [9.17, 15) is 0 Å². The molecule has 0 bridgehead atoms. The highest BCUT2D eigenvalue weighted by molar-refractivity contribution is 5.79. The van der Waals surface area contributed by atoms with Crippen molar-refractivity contribution in [3.05, 3.63) is 0 Å². The SMILES string of the molecule is CCNC(=NCC(C(CC)CC)N1CCOCC1)NCCCOCCOC. The van der Waals surface area contributed by atoms with Crippen LogP contribution in [0.1, 0.15) is 40.0 Å². The van der Waals surface area contributed by atoms with Crippen molar-refractivity contribution in [1.29, 1.82) is 0 Å². The van der Waals surface area contributed by atoms with Crippen LogP contribution in [0, 0.1) is 5.92 Å². The van der Waals surface area contributed by atoms with E-state index in [1.54, 1.807) is 7.11 Å². The van der Waals surface area contributed by atoms with Crippen LogP contribution in [0.5, 0.6) is 0 Å². The van der Waals surface area contributed by atoms with Gasteiger partial charge >= 0.3 is 0 Å². The first kappa shape index (κ1) is 24.1. The van der Waals surface area contributed by atoms with E-state index in [1.165, 1.54) is 12.8 Å². The second kappa shape index (κ2) is 16.1. The first-order valence-electron chi connectivity index (χ1n) is 10.7. The Balaban J connectivity index is 2.51. The van der Waals surface area contributed by atoms with Crippen molar-refractivity contribution in [2.24, 2.45) is 10.9 Å². The van der Waals surface area contributed by atoms with E-state index in [-0.39, 0.29) is 0 Å². The molecule has 0 aliphatic carbocycles. The summed E-state index contributed by atoms with van der Waals surface area (Å²) in [7, 11) is 1.69. The summed E-state index contributed by atoms with van der Waals surface area (Å²) < 4.78 is 16.0. The van der Waals surface area contributed by atoms with Crippen molar-refractivity contribution >= 4 is 5.96 Å². The van der Waals surface area contributed by atoms with E-state index < -0.39 is 0 Å². The van der Waals surface area contributed by atoms with Crippen molar-refractivity contribution in [3.8, 4) is 0 Å². The highest BCUT2D eigenvalue weighted by Gasteiger charge is 2.26. The van der Waals surface area contributed by atoms with Gasteiger partial charge in [0.1, 0.15) is 0 Å². The maximum absolute atomic E-state index is 5.54. The van der Waals surface area contributed by atoms with Gasteiger partial charge in [-0.1, -0.05) is 26.7 Å². The zero-order valence-electron chi connectivity index (χ0n) is 18.0. The Hall–Kier alpha value is -0.890. The first-order chi connectivity index (χ1) is 13.3. The van der Waals surface area contributed by atoms with E-state index >= 15 is 0 Å². The van der Waals surface area contributed by atoms with Crippen LogP contribution in [0.3, 0.4) is 0 Å². The van der Waals surface area contributed by atoms with Gasteiger partial charge in [-0.2, -0.15) is 0 Å². The molecule has 0 aromatic carbocycles. The molecular formula is C20H42N4O3. The molecule has 0 aromatic rings.